The second kappa shape index (κ2) is 6.00. The summed E-state index contributed by atoms with van der Waals surface area (Å²) in [5.74, 6) is -0.0661. The number of hydrogen-bond acceptors (Lipinski definition) is 3. The molecule has 0 spiro atoms. The summed E-state index contributed by atoms with van der Waals surface area (Å²) in [5, 5.41) is 8.89. The number of carboxylic acid groups (broad SMARTS) is 1. The summed E-state index contributed by atoms with van der Waals surface area (Å²) in [5.41, 5.74) is 1.41. The monoisotopic (exact) mass is 257 g/mol. The molecule has 0 aliphatic heterocycles. The Balaban J connectivity index is 2.12. The predicted octanol–water partition coefficient (Wildman–Crippen LogP) is 3.52. The zero-order valence-electron chi connectivity index (χ0n) is 10.7. The van der Waals surface area contributed by atoms with Gasteiger partial charge < -0.3 is 9.84 Å². The standard InChI is InChI=1S/C15H15NO3/c1-2-3-11-4-6-13(7-5-11)19-14-10-12(15(17)18)8-9-16-14/h4-10H,2-3H2,1H3,(H,17,18). The van der Waals surface area contributed by atoms with E-state index in [-0.39, 0.29) is 11.4 Å². The molecule has 0 atom stereocenters. The zero-order valence-corrected chi connectivity index (χ0v) is 10.7. The molecule has 0 aliphatic carbocycles. The SMILES string of the molecule is CCCc1ccc(Oc2cc(C(=O)O)ccn2)cc1. The number of benzene rings is 1. The highest BCUT2D eigenvalue weighted by atomic mass is 16.5. The molecule has 1 N–H and O–H groups in total. The van der Waals surface area contributed by atoms with E-state index >= 15 is 0 Å². The molecule has 19 heavy (non-hydrogen) atoms. The van der Waals surface area contributed by atoms with Crippen LogP contribution in [-0.2, 0) is 6.42 Å². The van der Waals surface area contributed by atoms with E-state index in [1.54, 1.807) is 0 Å². The van der Waals surface area contributed by atoms with Gasteiger partial charge in [-0.05, 0) is 30.2 Å². The lowest BCUT2D eigenvalue weighted by Gasteiger charge is -2.06. The fourth-order valence-electron chi connectivity index (χ4n) is 1.73. The molecule has 0 saturated heterocycles. The highest BCUT2D eigenvalue weighted by Crippen LogP contribution is 2.20. The van der Waals surface area contributed by atoms with Gasteiger partial charge in [-0.15, -0.1) is 0 Å². The Morgan fingerprint density at radius 1 is 1.26 bits per heavy atom. The van der Waals surface area contributed by atoms with Crippen molar-refractivity contribution in [3.8, 4) is 11.6 Å². The van der Waals surface area contributed by atoms with Gasteiger partial charge in [0.2, 0.25) is 5.88 Å². The summed E-state index contributed by atoms with van der Waals surface area (Å²) in [4.78, 5) is 14.8. The highest BCUT2D eigenvalue weighted by molar-refractivity contribution is 5.87. The lowest BCUT2D eigenvalue weighted by Crippen LogP contribution is -1.97. The zero-order chi connectivity index (χ0) is 13.7. The van der Waals surface area contributed by atoms with E-state index < -0.39 is 5.97 Å². The number of nitrogens with zero attached hydrogens (tertiary/aromatic N) is 1. The molecule has 4 nitrogen and oxygen atoms in total. The minimum absolute atomic E-state index is 0.160. The van der Waals surface area contributed by atoms with E-state index in [1.807, 2.05) is 24.3 Å². The molecule has 0 saturated carbocycles. The van der Waals surface area contributed by atoms with Crippen molar-refractivity contribution in [2.75, 3.05) is 0 Å². The normalized spacial score (nSPS) is 10.2. The van der Waals surface area contributed by atoms with Crippen molar-refractivity contribution >= 4 is 5.97 Å². The largest absolute Gasteiger partial charge is 0.478 e. The van der Waals surface area contributed by atoms with E-state index in [0.29, 0.717) is 5.75 Å². The van der Waals surface area contributed by atoms with Crippen molar-refractivity contribution in [1.82, 2.24) is 4.98 Å². The van der Waals surface area contributed by atoms with Crippen molar-refractivity contribution in [3.63, 3.8) is 0 Å². The van der Waals surface area contributed by atoms with Gasteiger partial charge >= 0.3 is 5.97 Å². The van der Waals surface area contributed by atoms with Gasteiger partial charge in [-0.1, -0.05) is 25.5 Å². The Hall–Kier alpha value is -2.36. The summed E-state index contributed by atoms with van der Waals surface area (Å²) in [6.07, 6.45) is 3.56. The number of ether oxygens (including phenoxy) is 1. The van der Waals surface area contributed by atoms with Crippen molar-refractivity contribution in [2.24, 2.45) is 0 Å². The van der Waals surface area contributed by atoms with E-state index in [2.05, 4.69) is 11.9 Å². The molecule has 0 amide bonds. The van der Waals surface area contributed by atoms with Crippen LogP contribution in [0.3, 0.4) is 0 Å². The molecule has 0 unspecified atom stereocenters. The first-order valence-electron chi connectivity index (χ1n) is 6.15. The van der Waals surface area contributed by atoms with Crippen LogP contribution in [-0.4, -0.2) is 16.1 Å². The number of rotatable bonds is 5. The third kappa shape index (κ3) is 3.55. The molecule has 98 valence electrons. The van der Waals surface area contributed by atoms with Crippen LogP contribution in [0.25, 0.3) is 0 Å². The smallest absolute Gasteiger partial charge is 0.335 e. The minimum atomic E-state index is -0.995. The van der Waals surface area contributed by atoms with Gasteiger partial charge in [-0.3, -0.25) is 0 Å². The lowest BCUT2D eigenvalue weighted by atomic mass is 10.1. The van der Waals surface area contributed by atoms with Crippen LogP contribution in [0, 0.1) is 0 Å². The molecule has 2 aromatic rings. The van der Waals surface area contributed by atoms with Gasteiger partial charge in [0, 0.05) is 12.3 Å². The van der Waals surface area contributed by atoms with Gasteiger partial charge in [0.1, 0.15) is 5.75 Å². The molecular formula is C15H15NO3. The maximum absolute atomic E-state index is 10.8. The van der Waals surface area contributed by atoms with Crippen molar-refractivity contribution in [2.45, 2.75) is 19.8 Å². The van der Waals surface area contributed by atoms with Crippen LogP contribution >= 0.6 is 0 Å². The molecule has 2 rings (SSSR count). The van der Waals surface area contributed by atoms with Gasteiger partial charge in [-0.2, -0.15) is 0 Å². The van der Waals surface area contributed by atoms with Crippen LogP contribution in [0.5, 0.6) is 11.6 Å². The van der Waals surface area contributed by atoms with E-state index in [1.165, 1.54) is 23.9 Å². The number of aromatic nitrogens is 1. The molecule has 0 fully saturated rings. The van der Waals surface area contributed by atoms with Gasteiger partial charge in [0.25, 0.3) is 0 Å². The first-order valence-corrected chi connectivity index (χ1v) is 6.15. The molecule has 1 heterocycles. The van der Waals surface area contributed by atoms with Crippen molar-refractivity contribution in [3.05, 3.63) is 53.7 Å². The quantitative estimate of drug-likeness (QED) is 0.890. The van der Waals surface area contributed by atoms with Gasteiger partial charge in [-0.25, -0.2) is 9.78 Å². The number of carboxylic acids is 1. The Morgan fingerprint density at radius 2 is 2.00 bits per heavy atom. The van der Waals surface area contributed by atoms with Crippen LogP contribution < -0.4 is 4.74 Å². The first kappa shape index (κ1) is 13.1. The molecule has 1 aromatic heterocycles. The van der Waals surface area contributed by atoms with Crippen molar-refractivity contribution in [1.29, 1.82) is 0 Å². The maximum Gasteiger partial charge on any atom is 0.335 e. The molecule has 0 bridgehead atoms. The van der Waals surface area contributed by atoms with Crippen molar-refractivity contribution < 1.29 is 14.6 Å². The number of hydrogen-bond donors (Lipinski definition) is 1. The Kier molecular flexibility index (Phi) is 4.13. The molecular weight excluding hydrogens is 242 g/mol. The third-order valence-corrected chi connectivity index (χ3v) is 2.67. The highest BCUT2D eigenvalue weighted by Gasteiger charge is 2.05. The lowest BCUT2D eigenvalue weighted by molar-refractivity contribution is 0.0696. The van der Waals surface area contributed by atoms with E-state index in [9.17, 15) is 4.79 Å². The topological polar surface area (TPSA) is 59.4 Å². The first-order chi connectivity index (χ1) is 9.19. The average Bonchev–Trinajstić information content (AvgIpc) is 2.42. The number of aryl methyl sites for hydroxylation is 1. The van der Waals surface area contributed by atoms with E-state index in [0.717, 1.165) is 12.8 Å². The second-order valence-corrected chi connectivity index (χ2v) is 4.18. The third-order valence-electron chi connectivity index (χ3n) is 2.67. The predicted molar refractivity (Wildman–Crippen MR) is 71.7 cm³/mol. The fraction of sp³-hybridized carbons (Fsp3) is 0.200. The number of aromatic carboxylic acids is 1. The fourth-order valence-corrected chi connectivity index (χ4v) is 1.73. The molecule has 1 aromatic carbocycles. The maximum atomic E-state index is 10.8. The molecule has 4 heteroatoms. The van der Waals surface area contributed by atoms with Crippen LogP contribution in [0.15, 0.2) is 42.6 Å². The van der Waals surface area contributed by atoms with Crippen LogP contribution in [0.2, 0.25) is 0 Å². The van der Waals surface area contributed by atoms with Crippen LogP contribution in [0.4, 0.5) is 0 Å². The number of pyridine rings is 1. The molecule has 0 radical (unpaired) electrons. The summed E-state index contributed by atoms with van der Waals surface area (Å²) in [6.45, 7) is 2.13. The van der Waals surface area contributed by atoms with Gasteiger partial charge in [0.05, 0.1) is 5.56 Å². The minimum Gasteiger partial charge on any atom is -0.478 e. The summed E-state index contributed by atoms with van der Waals surface area (Å²) >= 11 is 0. The molecule has 0 aliphatic rings. The van der Waals surface area contributed by atoms with E-state index in [4.69, 9.17) is 9.84 Å². The average molecular weight is 257 g/mol. The summed E-state index contributed by atoms with van der Waals surface area (Å²) < 4.78 is 5.53. The number of carbonyl (C=O) groups is 1. The Morgan fingerprint density at radius 3 is 2.63 bits per heavy atom. The summed E-state index contributed by atoms with van der Waals surface area (Å²) in [7, 11) is 0. The van der Waals surface area contributed by atoms with Gasteiger partial charge in [0.15, 0.2) is 0 Å². The summed E-state index contributed by atoms with van der Waals surface area (Å²) in [6, 6.07) is 10.6. The second-order valence-electron chi connectivity index (χ2n) is 4.18. The van der Waals surface area contributed by atoms with Crippen LogP contribution in [0.1, 0.15) is 29.3 Å². The Labute approximate surface area is 111 Å². The Bertz CT molecular complexity index is 564.